The van der Waals surface area contributed by atoms with Crippen LogP contribution in [0.4, 0.5) is 0 Å². The standard InChI is InChI=1S/C21H32O4/c1-12(2)15-8-9-19(4)16-7-6-13(3)10-20(16)11-14(18(22)24-5)17(19)21(15,23)25-20/h11-13,15-17,23H,6-10H2,1-5H3/t13-,15-,16+,17-,19+,20+,21-/m0/s1. The van der Waals surface area contributed by atoms with E-state index in [-0.39, 0.29) is 23.2 Å². The molecule has 0 unspecified atom stereocenters. The predicted octanol–water partition coefficient (Wildman–Crippen LogP) is 3.68. The zero-order valence-corrected chi connectivity index (χ0v) is 16.2. The van der Waals surface area contributed by atoms with Crippen molar-refractivity contribution in [1.82, 2.24) is 0 Å². The lowest BCUT2D eigenvalue weighted by Crippen LogP contribution is -2.75. The lowest BCUT2D eigenvalue weighted by molar-refractivity contribution is -0.404. The quantitative estimate of drug-likeness (QED) is 0.774. The normalized spacial score (nSPS) is 51.1. The molecule has 3 fully saturated rings. The molecule has 4 bridgehead atoms. The summed E-state index contributed by atoms with van der Waals surface area (Å²) in [5.74, 6) is -0.563. The van der Waals surface area contributed by atoms with Gasteiger partial charge >= 0.3 is 5.97 Å². The molecule has 1 N–H and O–H groups in total. The van der Waals surface area contributed by atoms with Crippen LogP contribution in [0.5, 0.6) is 0 Å². The average Bonchev–Trinajstić information content (AvgIpc) is 2.51. The molecular weight excluding hydrogens is 316 g/mol. The van der Waals surface area contributed by atoms with E-state index in [2.05, 4.69) is 27.7 Å². The Bertz CT molecular complexity index is 625. The van der Waals surface area contributed by atoms with E-state index in [1.165, 1.54) is 13.5 Å². The third kappa shape index (κ3) is 2.10. The van der Waals surface area contributed by atoms with Gasteiger partial charge in [0, 0.05) is 11.5 Å². The summed E-state index contributed by atoms with van der Waals surface area (Å²) in [5.41, 5.74) is 0.0403. The second kappa shape index (κ2) is 5.32. The van der Waals surface area contributed by atoms with E-state index >= 15 is 0 Å². The van der Waals surface area contributed by atoms with Crippen molar-refractivity contribution in [1.29, 1.82) is 0 Å². The Morgan fingerprint density at radius 3 is 2.72 bits per heavy atom. The molecule has 2 aliphatic heterocycles. The Morgan fingerprint density at radius 2 is 2.08 bits per heavy atom. The molecular formula is C21H32O4. The molecule has 0 aromatic carbocycles. The minimum atomic E-state index is -1.26. The Hall–Kier alpha value is -0.870. The molecule has 1 saturated heterocycles. The molecule has 7 atom stereocenters. The number of carbonyl (C=O) groups is 1. The molecule has 140 valence electrons. The van der Waals surface area contributed by atoms with Crippen molar-refractivity contribution in [2.24, 2.45) is 35.0 Å². The number of hydrogen-bond acceptors (Lipinski definition) is 4. The van der Waals surface area contributed by atoms with Crippen molar-refractivity contribution in [2.45, 2.75) is 71.2 Å². The topological polar surface area (TPSA) is 55.8 Å². The van der Waals surface area contributed by atoms with Crippen LogP contribution < -0.4 is 0 Å². The summed E-state index contributed by atoms with van der Waals surface area (Å²) in [6, 6.07) is 0. The Morgan fingerprint density at radius 1 is 1.36 bits per heavy atom. The van der Waals surface area contributed by atoms with Gasteiger partial charge in [0.05, 0.1) is 18.6 Å². The number of carbonyl (C=O) groups excluding carboxylic acids is 1. The molecule has 5 aliphatic rings. The van der Waals surface area contributed by atoms with E-state index < -0.39 is 11.4 Å². The Balaban J connectivity index is 1.92. The van der Waals surface area contributed by atoms with E-state index in [1.807, 2.05) is 6.08 Å². The molecule has 2 heterocycles. The smallest absolute Gasteiger partial charge is 0.334 e. The molecule has 5 rings (SSSR count). The van der Waals surface area contributed by atoms with Crippen LogP contribution in [0.1, 0.15) is 59.8 Å². The van der Waals surface area contributed by atoms with Crippen LogP contribution in [0, 0.1) is 35.0 Å². The maximum atomic E-state index is 12.6. The summed E-state index contributed by atoms with van der Waals surface area (Å²) in [6.07, 6.45) is 7.24. The van der Waals surface area contributed by atoms with E-state index in [1.54, 1.807) is 0 Å². The minimum absolute atomic E-state index is 0.0500. The summed E-state index contributed by atoms with van der Waals surface area (Å²) in [4.78, 5) is 12.6. The Labute approximate surface area is 151 Å². The molecule has 4 heteroatoms. The second-order valence-corrected chi connectivity index (χ2v) is 9.67. The first kappa shape index (κ1) is 17.5. The van der Waals surface area contributed by atoms with E-state index in [0.29, 0.717) is 23.3 Å². The van der Waals surface area contributed by atoms with E-state index in [0.717, 1.165) is 25.7 Å². The summed E-state index contributed by atoms with van der Waals surface area (Å²) >= 11 is 0. The first-order chi connectivity index (χ1) is 11.7. The van der Waals surface area contributed by atoms with Gasteiger partial charge in [0.2, 0.25) is 0 Å². The van der Waals surface area contributed by atoms with Gasteiger partial charge in [0.15, 0.2) is 5.79 Å². The van der Waals surface area contributed by atoms with Crippen molar-refractivity contribution >= 4 is 5.97 Å². The van der Waals surface area contributed by atoms with Crippen LogP contribution in [0.2, 0.25) is 0 Å². The van der Waals surface area contributed by atoms with Crippen LogP contribution in [0.25, 0.3) is 0 Å². The van der Waals surface area contributed by atoms with Gasteiger partial charge in [-0.2, -0.15) is 0 Å². The summed E-state index contributed by atoms with van der Waals surface area (Å²) in [7, 11) is 1.44. The van der Waals surface area contributed by atoms with Crippen LogP contribution in [-0.2, 0) is 14.3 Å². The summed E-state index contributed by atoms with van der Waals surface area (Å²) in [6.45, 7) is 8.84. The highest BCUT2D eigenvalue weighted by atomic mass is 16.6. The van der Waals surface area contributed by atoms with Crippen molar-refractivity contribution < 1.29 is 19.4 Å². The summed E-state index contributed by atoms with van der Waals surface area (Å²) < 4.78 is 11.8. The number of hydrogen-bond donors (Lipinski definition) is 1. The highest BCUT2D eigenvalue weighted by Gasteiger charge is 2.73. The van der Waals surface area contributed by atoms with Gasteiger partial charge in [-0.25, -0.2) is 4.79 Å². The fourth-order valence-corrected chi connectivity index (χ4v) is 7.02. The predicted molar refractivity (Wildman–Crippen MR) is 94.5 cm³/mol. The van der Waals surface area contributed by atoms with Gasteiger partial charge in [0.1, 0.15) is 0 Å². The van der Waals surface area contributed by atoms with Gasteiger partial charge in [-0.15, -0.1) is 0 Å². The van der Waals surface area contributed by atoms with Gasteiger partial charge in [-0.05, 0) is 54.9 Å². The summed E-state index contributed by atoms with van der Waals surface area (Å²) in [5, 5.41) is 11.9. The van der Waals surface area contributed by atoms with Crippen LogP contribution >= 0.6 is 0 Å². The monoisotopic (exact) mass is 348 g/mol. The molecule has 0 aromatic rings. The zero-order valence-electron chi connectivity index (χ0n) is 16.2. The SMILES string of the molecule is COC(=O)C1=C[C@]23C[C@@H](C)CC[C@@H]2[C@@]2(C)CC[C@@H](C(C)C)[C@](O)(O3)[C@@H]12. The highest BCUT2D eigenvalue weighted by molar-refractivity contribution is 5.90. The highest BCUT2D eigenvalue weighted by Crippen LogP contribution is 2.70. The maximum absolute atomic E-state index is 12.6. The third-order valence-electron chi connectivity index (χ3n) is 7.89. The van der Waals surface area contributed by atoms with Crippen molar-refractivity contribution in [3.05, 3.63) is 11.6 Å². The largest absolute Gasteiger partial charge is 0.466 e. The van der Waals surface area contributed by atoms with Gasteiger partial charge in [-0.1, -0.05) is 34.1 Å². The van der Waals surface area contributed by atoms with E-state index in [9.17, 15) is 9.90 Å². The van der Waals surface area contributed by atoms with Crippen molar-refractivity contribution in [2.75, 3.05) is 7.11 Å². The number of aliphatic hydroxyl groups is 1. The van der Waals surface area contributed by atoms with Gasteiger partial charge in [0.25, 0.3) is 0 Å². The minimum Gasteiger partial charge on any atom is -0.466 e. The van der Waals surface area contributed by atoms with Crippen LogP contribution in [0.3, 0.4) is 0 Å². The molecule has 0 amide bonds. The lowest BCUT2D eigenvalue weighted by atomic mass is 9.42. The third-order valence-corrected chi connectivity index (χ3v) is 7.89. The molecule has 1 spiro atoms. The number of esters is 1. The van der Waals surface area contributed by atoms with Crippen LogP contribution in [-0.4, -0.2) is 29.6 Å². The number of methoxy groups -OCH3 is 1. The lowest BCUT2D eigenvalue weighted by Gasteiger charge is -2.71. The molecule has 2 saturated carbocycles. The van der Waals surface area contributed by atoms with Crippen LogP contribution in [0.15, 0.2) is 11.6 Å². The number of rotatable bonds is 2. The first-order valence-corrected chi connectivity index (χ1v) is 9.91. The second-order valence-electron chi connectivity index (χ2n) is 9.67. The molecule has 4 nitrogen and oxygen atoms in total. The molecule has 0 aromatic heterocycles. The zero-order chi connectivity index (χ0) is 18.2. The number of ether oxygens (including phenoxy) is 2. The fourth-order valence-electron chi connectivity index (χ4n) is 7.02. The maximum Gasteiger partial charge on any atom is 0.334 e. The van der Waals surface area contributed by atoms with E-state index in [4.69, 9.17) is 9.47 Å². The van der Waals surface area contributed by atoms with Gasteiger partial charge < -0.3 is 14.6 Å². The van der Waals surface area contributed by atoms with Crippen molar-refractivity contribution in [3.8, 4) is 0 Å². The fraction of sp³-hybridized carbons (Fsp3) is 0.857. The first-order valence-electron chi connectivity index (χ1n) is 9.91. The average molecular weight is 348 g/mol. The molecule has 25 heavy (non-hydrogen) atoms. The molecule has 3 aliphatic carbocycles. The Kier molecular flexibility index (Phi) is 3.73. The van der Waals surface area contributed by atoms with Crippen molar-refractivity contribution in [3.63, 3.8) is 0 Å². The van der Waals surface area contributed by atoms with Gasteiger partial charge in [-0.3, -0.25) is 0 Å². The molecule has 0 radical (unpaired) electrons.